The van der Waals surface area contributed by atoms with Crippen molar-refractivity contribution in [2.45, 2.75) is 32.3 Å². The van der Waals surface area contributed by atoms with Crippen LogP contribution in [0.1, 0.15) is 26.7 Å². The third kappa shape index (κ3) is 1.35. The Morgan fingerprint density at radius 1 is 1.62 bits per heavy atom. The van der Waals surface area contributed by atoms with Crippen molar-refractivity contribution >= 4 is 5.97 Å². The van der Waals surface area contributed by atoms with Crippen molar-refractivity contribution in [2.75, 3.05) is 6.61 Å². The van der Waals surface area contributed by atoms with E-state index >= 15 is 0 Å². The molecule has 1 N–H and O–H groups in total. The lowest BCUT2D eigenvalue weighted by atomic mass is 9.89. The van der Waals surface area contributed by atoms with Gasteiger partial charge in [-0.3, -0.25) is 4.79 Å². The van der Waals surface area contributed by atoms with Crippen LogP contribution in [0.15, 0.2) is 0 Å². The maximum Gasteiger partial charge on any atom is 0.309 e. The zero-order chi connectivity index (χ0) is 9.64. The summed E-state index contributed by atoms with van der Waals surface area (Å²) in [6.07, 6.45) is 1.65. The molecule has 0 radical (unpaired) electrons. The van der Waals surface area contributed by atoms with E-state index in [0.29, 0.717) is 18.3 Å². The molecule has 2 aliphatic rings. The van der Waals surface area contributed by atoms with Crippen molar-refractivity contribution in [2.24, 2.45) is 17.8 Å². The minimum absolute atomic E-state index is 0.0389. The van der Waals surface area contributed by atoms with Gasteiger partial charge in [0.05, 0.1) is 5.92 Å². The topological polar surface area (TPSA) is 46.5 Å². The van der Waals surface area contributed by atoms with Gasteiger partial charge in [-0.05, 0) is 32.6 Å². The summed E-state index contributed by atoms with van der Waals surface area (Å²) in [5.41, 5.74) is -0.270. The highest BCUT2D eigenvalue weighted by Gasteiger charge is 2.59. The molecule has 1 aliphatic heterocycles. The summed E-state index contributed by atoms with van der Waals surface area (Å²) < 4.78 is 5.34. The van der Waals surface area contributed by atoms with Crippen LogP contribution < -0.4 is 0 Å². The van der Waals surface area contributed by atoms with Gasteiger partial charge in [-0.15, -0.1) is 0 Å². The van der Waals surface area contributed by atoms with Crippen molar-refractivity contribution in [3.05, 3.63) is 0 Å². The fourth-order valence-electron chi connectivity index (χ4n) is 2.52. The number of carbonyl (C=O) groups is 1. The van der Waals surface area contributed by atoms with Crippen LogP contribution in [0.3, 0.4) is 0 Å². The molecule has 0 aromatic carbocycles. The average molecular weight is 184 g/mol. The number of cyclic esters (lactones) is 1. The lowest BCUT2D eigenvalue weighted by Crippen LogP contribution is -2.40. The molecular formula is C10H16O3. The Labute approximate surface area is 78.1 Å². The highest BCUT2D eigenvalue weighted by Crippen LogP contribution is 2.56. The number of carbonyl (C=O) groups excluding carboxylic acids is 1. The molecule has 0 amide bonds. The smallest absolute Gasteiger partial charge is 0.309 e. The largest absolute Gasteiger partial charge is 0.459 e. The van der Waals surface area contributed by atoms with Crippen LogP contribution in [0.5, 0.6) is 0 Å². The zero-order valence-electron chi connectivity index (χ0n) is 8.12. The van der Waals surface area contributed by atoms with Gasteiger partial charge in [-0.2, -0.15) is 0 Å². The molecule has 3 nitrogen and oxygen atoms in total. The average Bonchev–Trinajstić information content (AvgIpc) is 2.76. The standard InChI is InChI=1S/C10H16O3/c1-10(2)8-5-7(8)6(3-4-11)9(12)13-10/h6-8,11H,3-5H2,1-2H3/t6-,7+,8?/m0/s1. The lowest BCUT2D eigenvalue weighted by molar-refractivity contribution is -0.172. The first-order valence-corrected chi connectivity index (χ1v) is 4.90. The molecule has 0 aromatic heterocycles. The summed E-state index contributed by atoms with van der Waals surface area (Å²) in [7, 11) is 0. The minimum Gasteiger partial charge on any atom is -0.459 e. The van der Waals surface area contributed by atoms with E-state index in [1.54, 1.807) is 0 Å². The van der Waals surface area contributed by atoms with E-state index in [2.05, 4.69) is 0 Å². The molecule has 0 aromatic rings. The molecule has 1 aliphatic carbocycles. The number of aliphatic hydroxyl groups excluding tert-OH is 1. The van der Waals surface area contributed by atoms with Crippen LogP contribution >= 0.6 is 0 Å². The molecule has 3 atom stereocenters. The summed E-state index contributed by atoms with van der Waals surface area (Å²) in [6.45, 7) is 4.04. The van der Waals surface area contributed by atoms with Crippen LogP contribution in [-0.4, -0.2) is 23.3 Å². The normalized spacial score (nSPS) is 40.8. The molecule has 13 heavy (non-hydrogen) atoms. The van der Waals surface area contributed by atoms with E-state index in [4.69, 9.17) is 9.84 Å². The van der Waals surface area contributed by atoms with Crippen molar-refractivity contribution in [1.29, 1.82) is 0 Å². The Bertz CT molecular complexity index is 234. The van der Waals surface area contributed by atoms with Crippen LogP contribution in [0.4, 0.5) is 0 Å². The van der Waals surface area contributed by atoms with Crippen LogP contribution in [0.25, 0.3) is 0 Å². The maximum absolute atomic E-state index is 11.5. The van der Waals surface area contributed by atoms with Gasteiger partial charge < -0.3 is 9.84 Å². The van der Waals surface area contributed by atoms with Gasteiger partial charge in [0.1, 0.15) is 5.60 Å². The van der Waals surface area contributed by atoms with E-state index in [0.717, 1.165) is 6.42 Å². The monoisotopic (exact) mass is 184 g/mol. The number of fused-ring (bicyclic) bond motifs is 1. The molecular weight excluding hydrogens is 168 g/mol. The van der Waals surface area contributed by atoms with Gasteiger partial charge in [0, 0.05) is 12.5 Å². The fraction of sp³-hybridized carbons (Fsp3) is 0.900. The highest BCUT2D eigenvalue weighted by atomic mass is 16.6. The maximum atomic E-state index is 11.5. The number of esters is 1. The van der Waals surface area contributed by atoms with Crippen LogP contribution in [0.2, 0.25) is 0 Å². The zero-order valence-corrected chi connectivity index (χ0v) is 8.12. The third-order valence-electron chi connectivity index (χ3n) is 3.36. The van der Waals surface area contributed by atoms with Gasteiger partial charge in [-0.1, -0.05) is 0 Å². The second kappa shape index (κ2) is 2.71. The highest BCUT2D eigenvalue weighted by molar-refractivity contribution is 5.75. The summed E-state index contributed by atoms with van der Waals surface area (Å²) in [4.78, 5) is 11.5. The Hall–Kier alpha value is -0.570. The van der Waals surface area contributed by atoms with Gasteiger partial charge in [-0.25, -0.2) is 0 Å². The molecule has 1 heterocycles. The van der Waals surface area contributed by atoms with E-state index < -0.39 is 0 Å². The molecule has 1 unspecified atom stereocenters. The van der Waals surface area contributed by atoms with Crippen LogP contribution in [0, 0.1) is 17.8 Å². The van der Waals surface area contributed by atoms with Gasteiger partial charge >= 0.3 is 5.97 Å². The first kappa shape index (κ1) is 9.00. The van der Waals surface area contributed by atoms with Gasteiger partial charge in [0.2, 0.25) is 0 Å². The first-order chi connectivity index (χ1) is 6.06. The number of rotatable bonds is 2. The first-order valence-electron chi connectivity index (χ1n) is 4.90. The van der Waals surface area contributed by atoms with Crippen LogP contribution in [-0.2, 0) is 9.53 Å². The van der Waals surface area contributed by atoms with Gasteiger partial charge in [0.15, 0.2) is 0 Å². The predicted molar refractivity (Wildman–Crippen MR) is 47.0 cm³/mol. The molecule has 0 spiro atoms. The number of hydrogen-bond donors (Lipinski definition) is 1. The SMILES string of the molecule is CC1(C)OC(=O)[C@@H](CCO)[C@H]2CC21. The third-order valence-corrected chi connectivity index (χ3v) is 3.36. The van der Waals surface area contributed by atoms with Crippen molar-refractivity contribution in [3.63, 3.8) is 0 Å². The molecule has 74 valence electrons. The second-order valence-corrected chi connectivity index (χ2v) is 4.65. The molecule has 1 saturated carbocycles. The molecule has 2 rings (SSSR count). The Kier molecular flexibility index (Phi) is 1.88. The number of hydrogen-bond acceptors (Lipinski definition) is 3. The van der Waals surface area contributed by atoms with E-state index in [1.165, 1.54) is 0 Å². The Morgan fingerprint density at radius 3 is 2.92 bits per heavy atom. The second-order valence-electron chi connectivity index (χ2n) is 4.65. The molecule has 3 heteroatoms. The van der Waals surface area contributed by atoms with Crippen molar-refractivity contribution < 1.29 is 14.6 Å². The van der Waals surface area contributed by atoms with E-state index in [1.807, 2.05) is 13.8 Å². The van der Waals surface area contributed by atoms with E-state index in [9.17, 15) is 4.79 Å². The Balaban J connectivity index is 2.08. The van der Waals surface area contributed by atoms with Crippen molar-refractivity contribution in [3.8, 4) is 0 Å². The van der Waals surface area contributed by atoms with Crippen molar-refractivity contribution in [1.82, 2.24) is 0 Å². The minimum atomic E-state index is -0.270. The predicted octanol–water partition coefficient (Wildman–Crippen LogP) is 0.956. The quantitative estimate of drug-likeness (QED) is 0.650. The molecule has 2 fully saturated rings. The summed E-state index contributed by atoms with van der Waals surface area (Å²) in [6, 6.07) is 0. The van der Waals surface area contributed by atoms with E-state index in [-0.39, 0.29) is 24.1 Å². The molecule has 0 bridgehead atoms. The molecule has 1 saturated heterocycles. The lowest BCUT2D eigenvalue weighted by Gasteiger charge is -2.33. The summed E-state index contributed by atoms with van der Waals surface area (Å²) in [5, 5.41) is 8.79. The number of ether oxygens (including phenoxy) is 1. The Morgan fingerprint density at radius 2 is 2.31 bits per heavy atom. The summed E-state index contributed by atoms with van der Waals surface area (Å²) in [5.74, 6) is 0.853. The fourth-order valence-corrected chi connectivity index (χ4v) is 2.52. The summed E-state index contributed by atoms with van der Waals surface area (Å²) >= 11 is 0. The van der Waals surface area contributed by atoms with Gasteiger partial charge in [0.25, 0.3) is 0 Å². The number of aliphatic hydroxyl groups is 1.